The molecule has 0 bridgehead atoms. The van der Waals surface area contributed by atoms with Crippen molar-refractivity contribution in [2.24, 2.45) is 5.73 Å². The number of nitrogens with one attached hydrogen (secondary N) is 1. The number of aryl methyl sites for hydroxylation is 1. The van der Waals surface area contributed by atoms with Gasteiger partial charge in [-0.25, -0.2) is 4.98 Å². The van der Waals surface area contributed by atoms with Gasteiger partial charge in [0.25, 0.3) is 5.91 Å². The van der Waals surface area contributed by atoms with Gasteiger partial charge < -0.3 is 10.5 Å². The normalized spacial score (nSPS) is 13.2. The van der Waals surface area contributed by atoms with Crippen molar-refractivity contribution in [2.75, 3.05) is 11.9 Å². The molecule has 1 aliphatic carbocycles. The Morgan fingerprint density at radius 3 is 3.00 bits per heavy atom. The molecule has 2 aromatic rings. The first-order valence-electron chi connectivity index (χ1n) is 7.74. The summed E-state index contributed by atoms with van der Waals surface area (Å²) < 4.78 is 5.66. The summed E-state index contributed by atoms with van der Waals surface area (Å²) in [5.74, 6) is -0.0243. The lowest BCUT2D eigenvalue weighted by molar-refractivity contribution is -0.118. The Morgan fingerprint density at radius 2 is 2.17 bits per heavy atom. The number of carbonyl (C=O) groups excluding carboxylic acids is 2. The number of thiazole rings is 1. The topological polar surface area (TPSA) is 107 Å². The quantitative estimate of drug-likeness (QED) is 0.823. The van der Waals surface area contributed by atoms with E-state index >= 15 is 0 Å². The number of ether oxygens (including phenoxy) is 1. The second-order valence-electron chi connectivity index (χ2n) is 5.57. The number of nitrogens with two attached hydrogens (primary N) is 1. The van der Waals surface area contributed by atoms with Gasteiger partial charge in [-0.1, -0.05) is 0 Å². The lowest BCUT2D eigenvalue weighted by atomic mass is 9.95. The van der Waals surface area contributed by atoms with Gasteiger partial charge in [0.15, 0.2) is 11.7 Å². The van der Waals surface area contributed by atoms with E-state index in [1.165, 1.54) is 11.3 Å². The smallest absolute Gasteiger partial charge is 0.264 e. The maximum atomic E-state index is 12.0. The highest BCUT2D eigenvalue weighted by molar-refractivity contribution is 7.13. The van der Waals surface area contributed by atoms with Gasteiger partial charge in [0.1, 0.15) is 5.75 Å². The third-order valence-corrected chi connectivity index (χ3v) is 4.51. The van der Waals surface area contributed by atoms with E-state index in [0.29, 0.717) is 10.8 Å². The predicted octanol–water partition coefficient (Wildman–Crippen LogP) is 1.46. The molecule has 0 atom stereocenters. The molecule has 0 fully saturated rings. The first-order chi connectivity index (χ1) is 11.6. The summed E-state index contributed by atoms with van der Waals surface area (Å²) in [6.45, 7) is -0.0960. The number of carbonyl (C=O) groups is 2. The summed E-state index contributed by atoms with van der Waals surface area (Å²) in [5, 5.41) is 4.78. The van der Waals surface area contributed by atoms with Crippen LogP contribution in [0.2, 0.25) is 0 Å². The zero-order valence-electron chi connectivity index (χ0n) is 13.1. The van der Waals surface area contributed by atoms with E-state index in [1.54, 1.807) is 17.6 Å². The first kappa shape index (κ1) is 16.4. The van der Waals surface area contributed by atoms with Crippen LogP contribution in [0.4, 0.5) is 5.13 Å². The Kier molecular flexibility index (Phi) is 5.05. The Hall–Kier alpha value is -2.48. The molecular weight excluding hydrogens is 328 g/mol. The van der Waals surface area contributed by atoms with Crippen LogP contribution in [0, 0.1) is 0 Å². The molecule has 8 heteroatoms. The molecular formula is C16H18N4O3S. The molecule has 126 valence electrons. The number of hydrogen-bond acceptors (Lipinski definition) is 6. The van der Waals surface area contributed by atoms with Gasteiger partial charge in [-0.2, -0.15) is 0 Å². The number of rotatable bonds is 6. The summed E-state index contributed by atoms with van der Waals surface area (Å²) in [7, 11) is 0. The lowest BCUT2D eigenvalue weighted by Crippen LogP contribution is -2.21. The molecule has 3 rings (SSSR count). The highest BCUT2D eigenvalue weighted by atomic mass is 32.1. The highest BCUT2D eigenvalue weighted by Gasteiger charge is 2.16. The van der Waals surface area contributed by atoms with E-state index in [9.17, 15) is 9.59 Å². The van der Waals surface area contributed by atoms with E-state index in [2.05, 4.69) is 15.3 Å². The fourth-order valence-corrected chi connectivity index (χ4v) is 3.38. The standard InChI is InChI=1S/C16H18N4O3S/c17-14(21)7-10-9-24-16(19-10)20-15(22)8-23-13-5-6-18-12-4-2-1-3-11(12)13/h5-6,9H,1-4,7-8H2,(H2,17,21)(H,19,20,22). The summed E-state index contributed by atoms with van der Waals surface area (Å²) in [6, 6.07) is 1.80. The predicted molar refractivity (Wildman–Crippen MR) is 90.0 cm³/mol. The van der Waals surface area contributed by atoms with Gasteiger partial charge in [0, 0.05) is 22.8 Å². The number of anilines is 1. The minimum atomic E-state index is -0.455. The van der Waals surface area contributed by atoms with Gasteiger partial charge in [-0.15, -0.1) is 11.3 Å². The summed E-state index contributed by atoms with van der Waals surface area (Å²) in [5.41, 5.74) is 7.84. The summed E-state index contributed by atoms with van der Waals surface area (Å²) in [4.78, 5) is 31.4. The van der Waals surface area contributed by atoms with Crippen LogP contribution in [-0.2, 0) is 28.9 Å². The molecule has 2 amide bonds. The number of nitrogens with zero attached hydrogens (tertiary/aromatic N) is 2. The average Bonchev–Trinajstić information content (AvgIpc) is 2.99. The SMILES string of the molecule is NC(=O)Cc1csc(NC(=O)COc2ccnc3c2CCCC3)n1. The van der Waals surface area contributed by atoms with Crippen molar-refractivity contribution < 1.29 is 14.3 Å². The van der Waals surface area contributed by atoms with Crippen LogP contribution in [-0.4, -0.2) is 28.4 Å². The minimum absolute atomic E-state index is 0.0615. The highest BCUT2D eigenvalue weighted by Crippen LogP contribution is 2.27. The number of primary amides is 1. The summed E-state index contributed by atoms with van der Waals surface area (Å²) >= 11 is 1.25. The van der Waals surface area contributed by atoms with Gasteiger partial charge in [0.2, 0.25) is 5.91 Å². The summed E-state index contributed by atoms with van der Waals surface area (Å²) in [6.07, 6.45) is 5.93. The van der Waals surface area contributed by atoms with Crippen molar-refractivity contribution in [3.63, 3.8) is 0 Å². The largest absolute Gasteiger partial charge is 0.483 e. The van der Waals surface area contributed by atoms with E-state index in [4.69, 9.17) is 10.5 Å². The lowest BCUT2D eigenvalue weighted by Gasteiger charge is -2.18. The first-order valence-corrected chi connectivity index (χ1v) is 8.62. The van der Waals surface area contributed by atoms with Crippen LogP contribution >= 0.6 is 11.3 Å². The monoisotopic (exact) mass is 346 g/mol. The van der Waals surface area contributed by atoms with Crippen LogP contribution in [0.25, 0.3) is 0 Å². The van der Waals surface area contributed by atoms with Gasteiger partial charge in [0.05, 0.1) is 12.1 Å². The molecule has 24 heavy (non-hydrogen) atoms. The van der Waals surface area contributed by atoms with Crippen molar-refractivity contribution >= 4 is 28.3 Å². The van der Waals surface area contributed by atoms with Crippen molar-refractivity contribution in [1.82, 2.24) is 9.97 Å². The number of hydrogen-bond donors (Lipinski definition) is 2. The van der Waals surface area contributed by atoms with Crippen LogP contribution < -0.4 is 15.8 Å². The number of amides is 2. The molecule has 0 saturated heterocycles. The fraction of sp³-hybridized carbons (Fsp3) is 0.375. The fourth-order valence-electron chi connectivity index (χ4n) is 2.65. The molecule has 0 unspecified atom stereocenters. The second kappa shape index (κ2) is 7.39. The maximum Gasteiger partial charge on any atom is 0.264 e. The molecule has 2 heterocycles. The number of pyridine rings is 1. The van der Waals surface area contributed by atoms with E-state index < -0.39 is 5.91 Å². The van der Waals surface area contributed by atoms with Gasteiger partial charge >= 0.3 is 0 Å². The Morgan fingerprint density at radius 1 is 1.33 bits per heavy atom. The molecule has 1 aliphatic rings. The third kappa shape index (κ3) is 4.08. The maximum absolute atomic E-state index is 12.0. The zero-order valence-corrected chi connectivity index (χ0v) is 13.9. The van der Waals surface area contributed by atoms with Crippen molar-refractivity contribution in [3.8, 4) is 5.75 Å². The van der Waals surface area contributed by atoms with Gasteiger partial charge in [-0.3, -0.25) is 19.9 Å². The Bertz CT molecular complexity index is 760. The molecule has 0 spiro atoms. The third-order valence-electron chi connectivity index (χ3n) is 3.70. The molecule has 7 nitrogen and oxygen atoms in total. The number of fused-ring (bicyclic) bond motifs is 1. The molecule has 0 saturated carbocycles. The molecule has 0 aromatic carbocycles. The minimum Gasteiger partial charge on any atom is -0.483 e. The van der Waals surface area contributed by atoms with Gasteiger partial charge in [-0.05, 0) is 31.7 Å². The van der Waals surface area contributed by atoms with E-state index in [-0.39, 0.29) is 18.9 Å². The van der Waals surface area contributed by atoms with E-state index in [0.717, 1.165) is 42.7 Å². The Labute approximate surface area is 143 Å². The molecule has 0 radical (unpaired) electrons. The number of aromatic nitrogens is 2. The molecule has 2 aromatic heterocycles. The van der Waals surface area contributed by atoms with Crippen LogP contribution in [0.1, 0.15) is 29.8 Å². The van der Waals surface area contributed by atoms with Crippen LogP contribution in [0.3, 0.4) is 0 Å². The zero-order chi connectivity index (χ0) is 16.9. The van der Waals surface area contributed by atoms with Crippen molar-refractivity contribution in [3.05, 3.63) is 34.6 Å². The average molecular weight is 346 g/mol. The van der Waals surface area contributed by atoms with E-state index in [1.807, 2.05) is 0 Å². The van der Waals surface area contributed by atoms with Crippen LogP contribution in [0.5, 0.6) is 5.75 Å². The Balaban J connectivity index is 1.56. The second-order valence-corrected chi connectivity index (χ2v) is 6.42. The van der Waals surface area contributed by atoms with Crippen molar-refractivity contribution in [1.29, 1.82) is 0 Å². The molecule has 0 aliphatic heterocycles. The molecule has 3 N–H and O–H groups in total. The van der Waals surface area contributed by atoms with Crippen LogP contribution in [0.15, 0.2) is 17.6 Å². The van der Waals surface area contributed by atoms with Crippen molar-refractivity contribution in [2.45, 2.75) is 32.1 Å².